The molecule has 0 radical (unpaired) electrons. The molecule has 0 aliphatic rings. The third-order valence-corrected chi connectivity index (χ3v) is 3.84. The van der Waals surface area contributed by atoms with Gasteiger partial charge in [-0.2, -0.15) is 0 Å². The van der Waals surface area contributed by atoms with Crippen LogP contribution in [-0.4, -0.2) is 27.3 Å². The number of hydrogen-bond donors (Lipinski definition) is 2. The maximum Gasteiger partial charge on any atom is 0.203 e. The molecule has 0 aliphatic carbocycles. The van der Waals surface area contributed by atoms with Gasteiger partial charge in [0.25, 0.3) is 0 Å². The molecule has 6 heteroatoms. The molecule has 0 saturated carbocycles. The normalized spacial score (nSPS) is 11.1. The minimum Gasteiger partial charge on any atom is -0.493 e. The minimum absolute atomic E-state index is 0.334. The van der Waals surface area contributed by atoms with Gasteiger partial charge in [0, 0.05) is 11.3 Å². The predicted molar refractivity (Wildman–Crippen MR) is 101 cm³/mol. The van der Waals surface area contributed by atoms with Crippen molar-refractivity contribution in [3.63, 3.8) is 0 Å². The van der Waals surface area contributed by atoms with E-state index in [1.54, 1.807) is 21.3 Å². The van der Waals surface area contributed by atoms with E-state index < -0.39 is 0 Å². The molecule has 2 aromatic rings. The van der Waals surface area contributed by atoms with Gasteiger partial charge in [-0.25, -0.2) is 4.99 Å². The fourth-order valence-electron chi connectivity index (χ4n) is 2.47. The highest BCUT2D eigenvalue weighted by atomic mass is 16.5. The molecule has 0 spiro atoms. The van der Waals surface area contributed by atoms with E-state index in [9.17, 15) is 0 Å². The first-order chi connectivity index (χ1) is 12.1. The number of aryl methyl sites for hydroxylation is 1. The Hall–Kier alpha value is -2.89. The molecule has 0 atom stereocenters. The summed E-state index contributed by atoms with van der Waals surface area (Å²) >= 11 is 0. The SMILES string of the molecule is CCc1ccc(NC(N)=NCc2ccc(OC)c(OC)c2OC)cc1. The topological polar surface area (TPSA) is 78.1 Å². The molecule has 0 aliphatic heterocycles. The number of hydrogen-bond acceptors (Lipinski definition) is 4. The molecule has 0 heterocycles. The number of guanidine groups is 1. The predicted octanol–water partition coefficient (Wildman–Crippen LogP) is 3.20. The number of nitrogens with one attached hydrogen (secondary N) is 1. The van der Waals surface area contributed by atoms with Gasteiger partial charge in [-0.3, -0.25) is 0 Å². The quantitative estimate of drug-likeness (QED) is 0.596. The van der Waals surface area contributed by atoms with Gasteiger partial charge < -0.3 is 25.3 Å². The summed E-state index contributed by atoms with van der Waals surface area (Å²) in [4.78, 5) is 4.38. The highest BCUT2D eigenvalue weighted by Gasteiger charge is 2.15. The van der Waals surface area contributed by atoms with Crippen molar-refractivity contribution >= 4 is 11.6 Å². The largest absolute Gasteiger partial charge is 0.493 e. The number of ether oxygens (including phenoxy) is 3. The zero-order chi connectivity index (χ0) is 18.2. The molecule has 0 fully saturated rings. The Balaban J connectivity index is 2.14. The van der Waals surface area contributed by atoms with Gasteiger partial charge in [0.05, 0.1) is 27.9 Å². The monoisotopic (exact) mass is 343 g/mol. The number of nitrogens with two attached hydrogens (primary N) is 1. The van der Waals surface area contributed by atoms with E-state index >= 15 is 0 Å². The Morgan fingerprint density at radius 2 is 1.64 bits per heavy atom. The summed E-state index contributed by atoms with van der Waals surface area (Å²) in [6.07, 6.45) is 1.00. The first-order valence-corrected chi connectivity index (χ1v) is 8.06. The Morgan fingerprint density at radius 1 is 0.960 bits per heavy atom. The van der Waals surface area contributed by atoms with Gasteiger partial charge in [-0.05, 0) is 36.2 Å². The highest BCUT2D eigenvalue weighted by molar-refractivity contribution is 5.92. The Kier molecular flexibility index (Phi) is 6.51. The van der Waals surface area contributed by atoms with Crippen LogP contribution < -0.4 is 25.3 Å². The molecular weight excluding hydrogens is 318 g/mol. The zero-order valence-corrected chi connectivity index (χ0v) is 15.1. The van der Waals surface area contributed by atoms with E-state index in [4.69, 9.17) is 19.9 Å². The zero-order valence-electron chi connectivity index (χ0n) is 15.1. The summed E-state index contributed by atoms with van der Waals surface area (Å²) in [7, 11) is 4.74. The molecule has 134 valence electrons. The van der Waals surface area contributed by atoms with Crippen LogP contribution in [0, 0.1) is 0 Å². The fourth-order valence-corrected chi connectivity index (χ4v) is 2.47. The van der Waals surface area contributed by atoms with E-state index in [-0.39, 0.29) is 0 Å². The maximum absolute atomic E-state index is 5.98. The lowest BCUT2D eigenvalue weighted by Gasteiger charge is -2.15. The lowest BCUT2D eigenvalue weighted by atomic mass is 10.1. The smallest absolute Gasteiger partial charge is 0.203 e. The molecule has 25 heavy (non-hydrogen) atoms. The molecule has 0 amide bonds. The van der Waals surface area contributed by atoms with Crippen molar-refractivity contribution < 1.29 is 14.2 Å². The van der Waals surface area contributed by atoms with Gasteiger partial charge in [-0.15, -0.1) is 0 Å². The lowest BCUT2D eigenvalue weighted by molar-refractivity contribution is 0.322. The third kappa shape index (κ3) is 4.56. The molecule has 0 aromatic heterocycles. The van der Waals surface area contributed by atoms with Crippen LogP contribution in [0.4, 0.5) is 5.69 Å². The van der Waals surface area contributed by atoms with Crippen molar-refractivity contribution in [2.24, 2.45) is 10.7 Å². The van der Waals surface area contributed by atoms with Crippen LogP contribution in [-0.2, 0) is 13.0 Å². The first kappa shape index (κ1) is 18.4. The van der Waals surface area contributed by atoms with Gasteiger partial charge in [0.1, 0.15) is 0 Å². The first-order valence-electron chi connectivity index (χ1n) is 8.06. The Labute approximate surface area is 148 Å². The van der Waals surface area contributed by atoms with E-state index in [2.05, 4.69) is 29.4 Å². The highest BCUT2D eigenvalue weighted by Crippen LogP contribution is 2.39. The van der Waals surface area contributed by atoms with E-state index in [0.29, 0.717) is 29.8 Å². The molecule has 2 rings (SSSR count). The molecule has 0 saturated heterocycles. The molecule has 3 N–H and O–H groups in total. The summed E-state index contributed by atoms with van der Waals surface area (Å²) in [5, 5.41) is 3.08. The third-order valence-electron chi connectivity index (χ3n) is 3.84. The van der Waals surface area contributed by atoms with Crippen molar-refractivity contribution in [1.29, 1.82) is 0 Å². The summed E-state index contributed by atoms with van der Waals surface area (Å²) in [6, 6.07) is 11.8. The molecule has 2 aromatic carbocycles. The number of anilines is 1. The van der Waals surface area contributed by atoms with Crippen LogP contribution >= 0.6 is 0 Å². The minimum atomic E-state index is 0.334. The molecule has 0 bridgehead atoms. The van der Waals surface area contributed by atoms with E-state index in [1.165, 1.54) is 5.56 Å². The summed E-state index contributed by atoms with van der Waals surface area (Å²) in [6.45, 7) is 2.48. The second kappa shape index (κ2) is 8.82. The Bertz CT molecular complexity index is 727. The number of aliphatic imine (C=N–C) groups is 1. The standard InChI is InChI=1S/C19H25N3O3/c1-5-13-6-9-15(10-7-13)22-19(20)21-12-14-8-11-16(23-2)18(25-4)17(14)24-3/h6-11H,5,12H2,1-4H3,(H3,20,21,22). The maximum atomic E-state index is 5.98. The van der Waals surface area contributed by atoms with Crippen LogP contribution in [0.1, 0.15) is 18.1 Å². The van der Waals surface area contributed by atoms with Crippen LogP contribution in [0.5, 0.6) is 17.2 Å². The van der Waals surface area contributed by atoms with Gasteiger partial charge in [0.2, 0.25) is 5.75 Å². The van der Waals surface area contributed by atoms with Crippen molar-refractivity contribution in [2.45, 2.75) is 19.9 Å². The molecular formula is C19H25N3O3. The molecule has 6 nitrogen and oxygen atoms in total. The summed E-state index contributed by atoms with van der Waals surface area (Å²) in [5.74, 6) is 2.07. The summed E-state index contributed by atoms with van der Waals surface area (Å²) in [5.41, 5.74) is 9.01. The second-order valence-electron chi connectivity index (χ2n) is 5.37. The van der Waals surface area contributed by atoms with Crippen LogP contribution in [0.25, 0.3) is 0 Å². The fraction of sp³-hybridized carbons (Fsp3) is 0.316. The second-order valence-corrected chi connectivity index (χ2v) is 5.37. The van der Waals surface area contributed by atoms with Gasteiger partial charge in [-0.1, -0.05) is 19.1 Å². The summed E-state index contributed by atoms with van der Waals surface area (Å²) < 4.78 is 16.1. The number of nitrogens with zero attached hydrogens (tertiary/aromatic N) is 1. The van der Waals surface area contributed by atoms with Crippen molar-refractivity contribution in [3.8, 4) is 17.2 Å². The number of methoxy groups -OCH3 is 3. The molecule has 0 unspecified atom stereocenters. The van der Waals surface area contributed by atoms with Gasteiger partial charge >= 0.3 is 0 Å². The average Bonchev–Trinajstić information content (AvgIpc) is 2.65. The lowest BCUT2D eigenvalue weighted by Crippen LogP contribution is -2.22. The van der Waals surface area contributed by atoms with Crippen molar-refractivity contribution in [3.05, 3.63) is 47.5 Å². The van der Waals surface area contributed by atoms with Crippen molar-refractivity contribution in [2.75, 3.05) is 26.6 Å². The van der Waals surface area contributed by atoms with E-state index in [1.807, 2.05) is 24.3 Å². The Morgan fingerprint density at radius 3 is 2.20 bits per heavy atom. The number of rotatable bonds is 7. The van der Waals surface area contributed by atoms with Crippen LogP contribution in [0.15, 0.2) is 41.4 Å². The number of benzene rings is 2. The van der Waals surface area contributed by atoms with Crippen molar-refractivity contribution in [1.82, 2.24) is 0 Å². The van der Waals surface area contributed by atoms with Crippen LogP contribution in [0.2, 0.25) is 0 Å². The van der Waals surface area contributed by atoms with Gasteiger partial charge in [0.15, 0.2) is 17.5 Å². The van der Waals surface area contributed by atoms with E-state index in [0.717, 1.165) is 17.7 Å². The average molecular weight is 343 g/mol. The van der Waals surface area contributed by atoms with Crippen LogP contribution in [0.3, 0.4) is 0 Å².